The van der Waals surface area contributed by atoms with Gasteiger partial charge in [-0.05, 0) is 11.8 Å². The molecule has 22 heteroatoms. The van der Waals surface area contributed by atoms with Crippen LogP contribution in [-0.2, 0) is 26.4 Å². The molecule has 5 rings (SSSR count). The summed E-state index contributed by atoms with van der Waals surface area (Å²) in [4.78, 5) is 11.6. The van der Waals surface area contributed by atoms with Crippen molar-refractivity contribution in [3.05, 3.63) is 70.6 Å². The van der Waals surface area contributed by atoms with Crippen LogP contribution in [0.2, 0.25) is 0 Å². The quantitative estimate of drug-likeness (QED) is 0.0788. The van der Waals surface area contributed by atoms with Gasteiger partial charge in [-0.2, -0.15) is 9.97 Å². The van der Waals surface area contributed by atoms with E-state index in [2.05, 4.69) is 65.9 Å². The number of rotatable bonds is 11. The Hall–Kier alpha value is -0.621. The molecule has 5 heterocycles. The first-order chi connectivity index (χ1) is 27.3. The van der Waals surface area contributed by atoms with Crippen LogP contribution in [-0.4, -0.2) is 77.9 Å². The van der Waals surface area contributed by atoms with Gasteiger partial charge in [0.25, 0.3) is 5.89 Å². The van der Waals surface area contributed by atoms with Crippen molar-refractivity contribution >= 4 is 0 Å². The van der Waals surface area contributed by atoms with Crippen LogP contribution in [0.15, 0.2) is 34.9 Å². The Morgan fingerprint density at radius 1 is 0.574 bits per heavy atom. The van der Waals surface area contributed by atoms with Crippen molar-refractivity contribution in [2.24, 2.45) is 5.92 Å². The fourth-order valence-corrected chi connectivity index (χ4v) is 3.37. The maximum atomic E-state index is 9.08. The maximum absolute atomic E-state index is 9.08. The van der Waals surface area contributed by atoms with Gasteiger partial charge in [0, 0.05) is 143 Å². The Balaban J connectivity index is -0.000000205. The van der Waals surface area contributed by atoms with E-state index in [9.17, 15) is 0 Å². The van der Waals surface area contributed by atoms with Gasteiger partial charge < -0.3 is 53.0 Å². The molecule has 0 aromatic carbocycles. The summed E-state index contributed by atoms with van der Waals surface area (Å²) in [6, 6.07) is 1.77. The van der Waals surface area contributed by atoms with E-state index in [-0.39, 0.29) is 169 Å². The molecule has 19 nitrogen and oxygen atoms in total. The average Bonchev–Trinajstić information content (AvgIpc) is 4.04. The summed E-state index contributed by atoms with van der Waals surface area (Å²) in [7, 11) is 0. The molecule has 61 heavy (non-hydrogen) atoms. The standard InChI is InChI=1S/C7H12N2O3.2C7H11NO2.2C6H10N2O2.C4H10.C2H6.3Ar/c1-4(2)6-8-9-7(12-6)5(11)3-10;1-5(2)7-6(3-9)8-4-10-7;1-5(2)7-3-6(4-9)10-8-7;1-4(2)6-7-5(3-9)10-8-6;1-4(2)6-7-5(3-9)8-10-6;1-4(2)3;1-2;;;/h4-5,10-11H,3H2,1-2H3;4-5,9H,3H2,1-2H3;3,5,9H,4H2,1-2H3;2*4,9H,3H2,1-2H3;4H,1-3H3;1-2H3;;;. The Bertz CT molecular complexity index is 1580. The first-order valence-corrected chi connectivity index (χ1v) is 19.4. The summed E-state index contributed by atoms with van der Waals surface area (Å²) in [6.07, 6.45) is 0.297. The zero-order chi connectivity index (χ0) is 45.0. The molecule has 0 saturated heterocycles. The predicted molar refractivity (Wildman–Crippen MR) is 214 cm³/mol. The van der Waals surface area contributed by atoms with Gasteiger partial charge in [0.15, 0.2) is 29.9 Å². The van der Waals surface area contributed by atoms with Crippen molar-refractivity contribution in [2.75, 3.05) is 6.61 Å². The van der Waals surface area contributed by atoms with Crippen molar-refractivity contribution in [1.29, 1.82) is 0 Å². The minimum absolute atomic E-state index is 0. The molecule has 0 aliphatic heterocycles. The second-order valence-corrected chi connectivity index (χ2v) is 14.3. The molecule has 0 amide bonds. The molecule has 0 aliphatic carbocycles. The third-order valence-corrected chi connectivity index (χ3v) is 6.33. The van der Waals surface area contributed by atoms with Crippen molar-refractivity contribution in [2.45, 2.75) is 166 Å². The molecule has 356 valence electrons. The minimum Gasteiger partial charge on any atom is -0.448 e. The zero-order valence-electron chi connectivity index (χ0n) is 38.1. The minimum atomic E-state index is -1.06. The summed E-state index contributed by atoms with van der Waals surface area (Å²) >= 11 is 0. The van der Waals surface area contributed by atoms with Crippen LogP contribution in [0.25, 0.3) is 0 Å². The molecule has 6 N–H and O–H groups in total. The normalized spacial score (nSPS) is 10.5. The van der Waals surface area contributed by atoms with Crippen LogP contribution in [0, 0.1) is 119 Å². The summed E-state index contributed by atoms with van der Waals surface area (Å²) in [5.74, 6) is 5.81. The SMILES string of the molecule is CC.CC(C)C.CC(C)c1cc(CO)on1.CC(C)c1nc(CO)no1.CC(C)c1nnc(C(O)CO)o1.CC(C)c1noc(CO)n1.CC(C)c1ocnc1CO.[Ar].[Ar].[Ar]. The number of aliphatic hydroxyl groups is 6. The van der Waals surface area contributed by atoms with E-state index in [4.69, 9.17) is 48.5 Å². The van der Waals surface area contributed by atoms with Gasteiger partial charge in [0.05, 0.1) is 18.9 Å². The van der Waals surface area contributed by atoms with Crippen LogP contribution < -0.4 is 0 Å². The summed E-state index contributed by atoms with van der Waals surface area (Å²) in [5.41, 5.74) is 1.54. The van der Waals surface area contributed by atoms with E-state index in [1.54, 1.807) is 6.07 Å². The number of hydrogen-bond donors (Lipinski definition) is 6. The fourth-order valence-electron chi connectivity index (χ4n) is 3.37. The zero-order valence-corrected chi connectivity index (χ0v) is 40.2. The van der Waals surface area contributed by atoms with E-state index in [1.165, 1.54) is 6.39 Å². The Morgan fingerprint density at radius 3 is 1.43 bits per heavy atom. The van der Waals surface area contributed by atoms with Gasteiger partial charge >= 0.3 is 0 Å². The Morgan fingerprint density at radius 2 is 1.13 bits per heavy atom. The van der Waals surface area contributed by atoms with Gasteiger partial charge in [-0.1, -0.05) is 119 Å². The van der Waals surface area contributed by atoms with Gasteiger partial charge in [0.1, 0.15) is 31.3 Å². The van der Waals surface area contributed by atoms with E-state index in [0.29, 0.717) is 46.7 Å². The van der Waals surface area contributed by atoms with Gasteiger partial charge in [-0.15, -0.1) is 10.2 Å². The third kappa shape index (κ3) is 31.0. The second-order valence-electron chi connectivity index (χ2n) is 14.3. The number of oxazole rings is 1. The van der Waals surface area contributed by atoms with Crippen LogP contribution >= 0.6 is 0 Å². The summed E-state index contributed by atoms with van der Waals surface area (Å²) < 4.78 is 24.3. The van der Waals surface area contributed by atoms with E-state index >= 15 is 0 Å². The number of aromatic nitrogens is 8. The molecule has 0 saturated carbocycles. The molecule has 5 aromatic rings. The second kappa shape index (κ2) is 40.9. The summed E-state index contributed by atoms with van der Waals surface area (Å²) in [6.45, 7) is 29.4. The molecule has 1 atom stereocenters. The molecule has 1 unspecified atom stereocenters. The first kappa shape index (κ1) is 69.4. The molecular weight excluding hydrogens is 876 g/mol. The Labute approximate surface area is 450 Å². The molecular formula is C39H70Ar3N8O11. The number of nitrogens with zero attached hydrogens (tertiary/aromatic N) is 8. The van der Waals surface area contributed by atoms with E-state index in [1.807, 2.05) is 83.1 Å². The molecule has 0 aliphatic rings. The van der Waals surface area contributed by atoms with Crippen molar-refractivity contribution in [3.8, 4) is 0 Å². The van der Waals surface area contributed by atoms with Crippen molar-refractivity contribution in [1.82, 2.24) is 40.6 Å². The molecule has 0 bridgehead atoms. The largest absolute Gasteiger partial charge is 0.448 e. The maximum Gasteiger partial charge on any atom is 0.252 e. The average molecular weight is 947 g/mol. The van der Waals surface area contributed by atoms with Crippen LogP contribution in [0.4, 0.5) is 0 Å². The fraction of sp³-hybridized carbons (Fsp3) is 0.692. The topological polar surface area (TPSA) is 290 Å². The van der Waals surface area contributed by atoms with E-state index < -0.39 is 12.7 Å². The van der Waals surface area contributed by atoms with Crippen molar-refractivity contribution < 1.29 is 166 Å². The first-order valence-electron chi connectivity index (χ1n) is 19.4. The number of hydrogen-bond acceptors (Lipinski definition) is 19. The van der Waals surface area contributed by atoms with Crippen LogP contribution in [0.3, 0.4) is 0 Å². The third-order valence-electron chi connectivity index (χ3n) is 6.33. The van der Waals surface area contributed by atoms with Crippen LogP contribution in [0.1, 0.15) is 198 Å². The van der Waals surface area contributed by atoms with Gasteiger partial charge in [0.2, 0.25) is 17.7 Å². The molecule has 0 spiro atoms. The smallest absolute Gasteiger partial charge is 0.252 e. The monoisotopic (exact) mass is 946 g/mol. The van der Waals surface area contributed by atoms with Gasteiger partial charge in [-0.3, -0.25) is 0 Å². The summed E-state index contributed by atoms with van der Waals surface area (Å²) in [5, 5.41) is 70.2. The predicted octanol–water partition coefficient (Wildman–Crippen LogP) is 6.86. The molecule has 0 radical (unpaired) electrons. The van der Waals surface area contributed by atoms with Crippen molar-refractivity contribution in [3.63, 3.8) is 0 Å². The van der Waals surface area contributed by atoms with Crippen LogP contribution in [0.5, 0.6) is 0 Å². The number of aliphatic hydroxyl groups excluding tert-OH is 6. The van der Waals surface area contributed by atoms with Gasteiger partial charge in [-0.25, -0.2) is 4.98 Å². The molecule has 5 aromatic heterocycles. The van der Waals surface area contributed by atoms with E-state index in [0.717, 1.165) is 17.4 Å². The Kier molecular flexibility index (Phi) is 46.5. The molecule has 0 fully saturated rings.